The van der Waals surface area contributed by atoms with Crippen LogP contribution in [-0.4, -0.2) is 63.1 Å². The molecule has 1 atom stereocenters. The molecule has 0 saturated carbocycles. The number of nitrogens with zero attached hydrogens (tertiary/aromatic N) is 2. The summed E-state index contributed by atoms with van der Waals surface area (Å²) in [6.07, 6.45) is 3.12. The highest BCUT2D eigenvalue weighted by atomic mass is 32.2. The summed E-state index contributed by atoms with van der Waals surface area (Å²) in [6.45, 7) is 6.45. The third kappa shape index (κ3) is 3.76. The van der Waals surface area contributed by atoms with Gasteiger partial charge < -0.3 is 4.74 Å². The molecule has 2 saturated heterocycles. The highest BCUT2D eigenvalue weighted by molar-refractivity contribution is 7.89. The van der Waals surface area contributed by atoms with Crippen LogP contribution in [0.4, 0.5) is 0 Å². The number of hydrogen-bond acceptors (Lipinski definition) is 4. The van der Waals surface area contributed by atoms with Gasteiger partial charge in [-0.2, -0.15) is 4.31 Å². The minimum atomic E-state index is -3.37. The Bertz CT molecular complexity index is 601. The van der Waals surface area contributed by atoms with Crippen LogP contribution in [0.5, 0.6) is 0 Å². The van der Waals surface area contributed by atoms with Gasteiger partial charge in [0.05, 0.1) is 11.5 Å². The van der Waals surface area contributed by atoms with Crippen LogP contribution in [0.25, 0.3) is 0 Å². The molecule has 1 aromatic rings. The maximum atomic E-state index is 12.8. The summed E-state index contributed by atoms with van der Waals surface area (Å²) in [6, 6.07) is 7.83. The molecule has 0 radical (unpaired) electrons. The fourth-order valence-electron chi connectivity index (χ4n) is 3.38. The zero-order valence-corrected chi connectivity index (χ0v) is 14.6. The maximum Gasteiger partial charge on any atom is 0.243 e. The van der Waals surface area contributed by atoms with E-state index < -0.39 is 10.0 Å². The Morgan fingerprint density at radius 3 is 2.39 bits per heavy atom. The van der Waals surface area contributed by atoms with E-state index in [2.05, 4.69) is 11.8 Å². The van der Waals surface area contributed by atoms with Crippen molar-refractivity contribution in [3.05, 3.63) is 29.8 Å². The fourth-order valence-corrected chi connectivity index (χ4v) is 4.81. The van der Waals surface area contributed by atoms with E-state index in [4.69, 9.17) is 4.74 Å². The molecule has 23 heavy (non-hydrogen) atoms. The van der Waals surface area contributed by atoms with Crippen molar-refractivity contribution in [2.45, 2.75) is 37.1 Å². The first-order valence-electron chi connectivity index (χ1n) is 8.52. The SMILES string of the molecule is CCCc1ccc(S(=O)(=O)N2CCN([C@H]3CCOC3)CC2)cc1. The average molecular weight is 338 g/mol. The van der Waals surface area contributed by atoms with Gasteiger partial charge >= 0.3 is 0 Å². The summed E-state index contributed by atoms with van der Waals surface area (Å²) in [5, 5.41) is 0. The van der Waals surface area contributed by atoms with E-state index in [1.807, 2.05) is 12.1 Å². The number of piperazine rings is 1. The van der Waals surface area contributed by atoms with Gasteiger partial charge in [-0.05, 0) is 30.5 Å². The lowest BCUT2D eigenvalue weighted by atomic mass is 10.1. The van der Waals surface area contributed by atoms with Crippen molar-refractivity contribution < 1.29 is 13.2 Å². The predicted octanol–water partition coefficient (Wildman–Crippen LogP) is 1.73. The Kier molecular flexibility index (Phi) is 5.36. The van der Waals surface area contributed by atoms with Gasteiger partial charge in [0.1, 0.15) is 0 Å². The smallest absolute Gasteiger partial charge is 0.243 e. The van der Waals surface area contributed by atoms with Crippen LogP contribution >= 0.6 is 0 Å². The number of ether oxygens (including phenoxy) is 1. The lowest BCUT2D eigenvalue weighted by Crippen LogP contribution is -2.52. The minimum Gasteiger partial charge on any atom is -0.380 e. The third-order valence-electron chi connectivity index (χ3n) is 4.80. The Morgan fingerprint density at radius 2 is 1.83 bits per heavy atom. The van der Waals surface area contributed by atoms with Crippen molar-refractivity contribution in [1.82, 2.24) is 9.21 Å². The van der Waals surface area contributed by atoms with Crippen molar-refractivity contribution in [2.75, 3.05) is 39.4 Å². The van der Waals surface area contributed by atoms with Crippen molar-refractivity contribution in [3.8, 4) is 0 Å². The summed E-state index contributed by atoms with van der Waals surface area (Å²) >= 11 is 0. The summed E-state index contributed by atoms with van der Waals surface area (Å²) in [5.74, 6) is 0. The van der Waals surface area contributed by atoms with Crippen LogP contribution in [0.3, 0.4) is 0 Å². The van der Waals surface area contributed by atoms with Gasteiger partial charge in [0.15, 0.2) is 0 Å². The normalized spacial score (nSPS) is 24.1. The van der Waals surface area contributed by atoms with Crippen molar-refractivity contribution in [1.29, 1.82) is 0 Å². The molecule has 2 aliphatic heterocycles. The van der Waals surface area contributed by atoms with E-state index in [9.17, 15) is 8.42 Å². The van der Waals surface area contributed by atoms with Crippen LogP contribution in [0.15, 0.2) is 29.2 Å². The lowest BCUT2D eigenvalue weighted by Gasteiger charge is -2.36. The molecule has 5 nitrogen and oxygen atoms in total. The van der Waals surface area contributed by atoms with Gasteiger partial charge in [0, 0.05) is 38.8 Å². The van der Waals surface area contributed by atoms with Gasteiger partial charge in [0.25, 0.3) is 0 Å². The summed E-state index contributed by atoms with van der Waals surface area (Å²) in [5.41, 5.74) is 1.19. The van der Waals surface area contributed by atoms with E-state index in [0.29, 0.717) is 24.0 Å². The molecule has 2 heterocycles. The molecule has 0 bridgehead atoms. The third-order valence-corrected chi connectivity index (χ3v) is 6.71. The number of aryl methyl sites for hydroxylation is 1. The number of benzene rings is 1. The second-order valence-electron chi connectivity index (χ2n) is 6.35. The summed E-state index contributed by atoms with van der Waals surface area (Å²) < 4.78 is 32.6. The first kappa shape index (κ1) is 16.9. The Balaban J connectivity index is 1.63. The van der Waals surface area contributed by atoms with E-state index >= 15 is 0 Å². The second-order valence-corrected chi connectivity index (χ2v) is 8.29. The molecule has 0 spiro atoms. The number of rotatable bonds is 5. The highest BCUT2D eigenvalue weighted by Crippen LogP contribution is 2.21. The quantitative estimate of drug-likeness (QED) is 0.820. The maximum absolute atomic E-state index is 12.8. The van der Waals surface area contributed by atoms with Crippen molar-refractivity contribution in [2.24, 2.45) is 0 Å². The monoisotopic (exact) mass is 338 g/mol. The standard InChI is InChI=1S/C17H26N2O3S/c1-2-3-15-4-6-17(7-5-15)23(20,21)19-11-9-18(10-12-19)16-8-13-22-14-16/h4-7,16H,2-3,8-14H2,1H3/t16-/m0/s1. The molecule has 0 N–H and O–H groups in total. The summed E-state index contributed by atoms with van der Waals surface area (Å²) in [7, 11) is -3.37. The van der Waals surface area contributed by atoms with Crippen LogP contribution < -0.4 is 0 Å². The largest absolute Gasteiger partial charge is 0.380 e. The number of sulfonamides is 1. The zero-order valence-electron chi connectivity index (χ0n) is 13.8. The first-order valence-corrected chi connectivity index (χ1v) is 9.96. The second kappa shape index (κ2) is 7.30. The molecule has 128 valence electrons. The van der Waals surface area contributed by atoms with Gasteiger partial charge in [-0.25, -0.2) is 8.42 Å². The van der Waals surface area contributed by atoms with Crippen molar-refractivity contribution >= 4 is 10.0 Å². The molecule has 1 aromatic carbocycles. The average Bonchev–Trinajstić information content (AvgIpc) is 3.10. The molecule has 2 fully saturated rings. The summed E-state index contributed by atoms with van der Waals surface area (Å²) in [4.78, 5) is 2.78. The predicted molar refractivity (Wildman–Crippen MR) is 90.0 cm³/mol. The number of hydrogen-bond donors (Lipinski definition) is 0. The first-order chi connectivity index (χ1) is 11.1. The Labute approximate surface area is 139 Å². The van der Waals surface area contributed by atoms with Crippen molar-refractivity contribution in [3.63, 3.8) is 0 Å². The molecule has 0 unspecified atom stereocenters. The molecule has 2 aliphatic rings. The fraction of sp³-hybridized carbons (Fsp3) is 0.647. The van der Waals surface area contributed by atoms with Crippen LogP contribution in [0.1, 0.15) is 25.3 Å². The van der Waals surface area contributed by atoms with E-state index in [-0.39, 0.29) is 0 Å². The van der Waals surface area contributed by atoms with Crippen LogP contribution in [0.2, 0.25) is 0 Å². The van der Waals surface area contributed by atoms with Gasteiger partial charge in [-0.1, -0.05) is 25.5 Å². The molecule has 6 heteroatoms. The van der Waals surface area contributed by atoms with Crippen LogP contribution in [0, 0.1) is 0 Å². The molecular formula is C17H26N2O3S. The van der Waals surface area contributed by atoms with Crippen LogP contribution in [-0.2, 0) is 21.2 Å². The van der Waals surface area contributed by atoms with E-state index in [1.54, 1.807) is 16.4 Å². The molecular weight excluding hydrogens is 312 g/mol. The Hall–Kier alpha value is -0.950. The van der Waals surface area contributed by atoms with E-state index in [1.165, 1.54) is 5.56 Å². The topological polar surface area (TPSA) is 49.9 Å². The molecule has 3 rings (SSSR count). The molecule has 0 aliphatic carbocycles. The van der Waals surface area contributed by atoms with E-state index in [0.717, 1.165) is 45.6 Å². The van der Waals surface area contributed by atoms with Gasteiger partial charge in [-0.3, -0.25) is 4.90 Å². The zero-order chi connectivity index (χ0) is 16.3. The highest BCUT2D eigenvalue weighted by Gasteiger charge is 2.32. The van der Waals surface area contributed by atoms with Gasteiger partial charge in [-0.15, -0.1) is 0 Å². The van der Waals surface area contributed by atoms with Gasteiger partial charge in [0.2, 0.25) is 10.0 Å². The lowest BCUT2D eigenvalue weighted by molar-refractivity contribution is 0.113. The molecule has 0 amide bonds. The molecule has 0 aromatic heterocycles. The minimum absolute atomic E-state index is 0.412. The Morgan fingerprint density at radius 1 is 1.13 bits per heavy atom.